The first-order valence-electron chi connectivity index (χ1n) is 4.70. The van der Waals surface area contributed by atoms with Gasteiger partial charge >= 0.3 is 5.97 Å². The van der Waals surface area contributed by atoms with Crippen LogP contribution in [-0.4, -0.2) is 24.7 Å². The van der Waals surface area contributed by atoms with E-state index in [4.69, 9.17) is 0 Å². The first-order chi connectivity index (χ1) is 8.02. The van der Waals surface area contributed by atoms with E-state index in [0.717, 1.165) is 13.3 Å². The Morgan fingerprint density at radius 2 is 2.18 bits per heavy atom. The van der Waals surface area contributed by atoms with Crippen molar-refractivity contribution in [1.82, 2.24) is 4.98 Å². The van der Waals surface area contributed by atoms with Gasteiger partial charge in [-0.15, -0.1) is 0 Å². The number of esters is 1. The van der Waals surface area contributed by atoms with Crippen LogP contribution in [0, 0.1) is 5.82 Å². The predicted molar refractivity (Wildman–Crippen MR) is 51.7 cm³/mol. The minimum absolute atomic E-state index is 0.0170. The average molecular weight is 249 g/mol. The number of hydrogen-bond donors (Lipinski definition) is 0. The van der Waals surface area contributed by atoms with Crippen LogP contribution in [0.5, 0.6) is 5.75 Å². The number of rotatable bonds is 4. The lowest BCUT2D eigenvalue weighted by Crippen LogP contribution is -2.13. The Bertz CT molecular complexity index is 424. The van der Waals surface area contributed by atoms with E-state index in [1.807, 2.05) is 0 Å². The molecule has 0 spiro atoms. The van der Waals surface area contributed by atoms with Gasteiger partial charge in [-0.1, -0.05) is 0 Å². The van der Waals surface area contributed by atoms with Crippen LogP contribution in [-0.2, 0) is 4.74 Å². The van der Waals surface area contributed by atoms with Crippen molar-refractivity contribution in [2.24, 2.45) is 0 Å². The van der Waals surface area contributed by atoms with E-state index in [1.54, 1.807) is 0 Å². The highest BCUT2D eigenvalue weighted by Gasteiger charge is 2.27. The molecule has 0 radical (unpaired) electrons. The molecule has 17 heavy (non-hydrogen) atoms. The van der Waals surface area contributed by atoms with Crippen molar-refractivity contribution in [1.29, 1.82) is 0 Å². The fourth-order valence-corrected chi connectivity index (χ4v) is 1.19. The van der Waals surface area contributed by atoms with Gasteiger partial charge in [0.05, 0.1) is 25.5 Å². The third-order valence-electron chi connectivity index (χ3n) is 1.93. The van der Waals surface area contributed by atoms with Crippen molar-refractivity contribution in [3.05, 3.63) is 23.3 Å². The number of nitrogens with zero attached hydrogens (tertiary/aromatic N) is 1. The highest BCUT2D eigenvalue weighted by Crippen LogP contribution is 2.30. The molecule has 1 aromatic heterocycles. The van der Waals surface area contributed by atoms with Crippen LogP contribution in [0.4, 0.5) is 13.2 Å². The van der Waals surface area contributed by atoms with Crippen molar-refractivity contribution in [3.63, 3.8) is 0 Å². The number of methoxy groups -OCH3 is 1. The SMILES string of the molecule is CCOC(=O)c1ncc(OC)c(F)c1C(F)F. The second kappa shape index (κ2) is 5.51. The van der Waals surface area contributed by atoms with Crippen LogP contribution < -0.4 is 4.74 Å². The molecule has 0 N–H and O–H groups in total. The lowest BCUT2D eigenvalue weighted by atomic mass is 10.2. The van der Waals surface area contributed by atoms with E-state index in [9.17, 15) is 18.0 Å². The highest BCUT2D eigenvalue weighted by atomic mass is 19.3. The Morgan fingerprint density at radius 3 is 2.65 bits per heavy atom. The zero-order valence-electron chi connectivity index (χ0n) is 9.17. The number of alkyl halides is 2. The molecule has 7 heteroatoms. The van der Waals surface area contributed by atoms with Gasteiger partial charge in [-0.3, -0.25) is 0 Å². The molecule has 0 aliphatic rings. The lowest BCUT2D eigenvalue weighted by molar-refractivity contribution is 0.0505. The van der Waals surface area contributed by atoms with Crippen molar-refractivity contribution >= 4 is 5.97 Å². The number of carbonyl (C=O) groups excluding carboxylic acids is 1. The third-order valence-corrected chi connectivity index (χ3v) is 1.93. The molecular weight excluding hydrogens is 239 g/mol. The molecule has 0 saturated heterocycles. The van der Waals surface area contributed by atoms with Gasteiger partial charge < -0.3 is 9.47 Å². The van der Waals surface area contributed by atoms with Gasteiger partial charge in [0, 0.05) is 0 Å². The maximum atomic E-state index is 13.5. The second-order valence-corrected chi connectivity index (χ2v) is 2.92. The Labute approximate surface area is 95.4 Å². The number of ether oxygens (including phenoxy) is 2. The maximum absolute atomic E-state index is 13.5. The smallest absolute Gasteiger partial charge is 0.357 e. The van der Waals surface area contributed by atoms with Gasteiger partial charge in [-0.05, 0) is 6.92 Å². The van der Waals surface area contributed by atoms with Crippen LogP contribution in [0.3, 0.4) is 0 Å². The Hall–Kier alpha value is -1.79. The van der Waals surface area contributed by atoms with E-state index in [0.29, 0.717) is 0 Å². The summed E-state index contributed by atoms with van der Waals surface area (Å²) in [4.78, 5) is 14.7. The average Bonchev–Trinajstić information content (AvgIpc) is 2.28. The lowest BCUT2D eigenvalue weighted by Gasteiger charge is -2.10. The molecule has 0 amide bonds. The van der Waals surface area contributed by atoms with Crippen LogP contribution in [0.15, 0.2) is 6.20 Å². The van der Waals surface area contributed by atoms with Crippen molar-refractivity contribution in [2.75, 3.05) is 13.7 Å². The summed E-state index contributed by atoms with van der Waals surface area (Å²) in [6.07, 6.45) is -2.33. The maximum Gasteiger partial charge on any atom is 0.357 e. The summed E-state index contributed by atoms with van der Waals surface area (Å²) in [5, 5.41) is 0. The zero-order chi connectivity index (χ0) is 13.0. The minimum Gasteiger partial charge on any atom is -0.492 e. The fraction of sp³-hybridized carbons (Fsp3) is 0.400. The molecule has 1 heterocycles. The molecule has 4 nitrogen and oxygen atoms in total. The minimum atomic E-state index is -3.18. The molecule has 0 atom stereocenters. The standard InChI is InChI=1S/C10H10F3NO3/c1-3-17-10(15)8-6(9(12)13)7(11)5(16-2)4-14-8/h4,9H,3H2,1-2H3. The normalized spacial score (nSPS) is 10.5. The zero-order valence-corrected chi connectivity index (χ0v) is 9.17. The molecule has 1 rings (SSSR count). The van der Waals surface area contributed by atoms with Gasteiger partial charge in [0.25, 0.3) is 6.43 Å². The van der Waals surface area contributed by atoms with Gasteiger partial charge in [-0.2, -0.15) is 0 Å². The van der Waals surface area contributed by atoms with Crippen LogP contribution in [0.2, 0.25) is 0 Å². The molecule has 0 fully saturated rings. The second-order valence-electron chi connectivity index (χ2n) is 2.92. The first kappa shape index (κ1) is 13.3. The van der Waals surface area contributed by atoms with Crippen molar-refractivity contribution in [2.45, 2.75) is 13.3 Å². The predicted octanol–water partition coefficient (Wildman–Crippen LogP) is 2.34. The largest absolute Gasteiger partial charge is 0.492 e. The topological polar surface area (TPSA) is 48.4 Å². The summed E-state index contributed by atoms with van der Waals surface area (Å²) < 4.78 is 47.9. The van der Waals surface area contributed by atoms with Crippen LogP contribution in [0.1, 0.15) is 29.4 Å². The van der Waals surface area contributed by atoms with E-state index in [1.165, 1.54) is 6.92 Å². The molecular formula is C10H10F3NO3. The summed E-state index contributed by atoms with van der Waals surface area (Å²) >= 11 is 0. The summed E-state index contributed by atoms with van der Waals surface area (Å²) in [6.45, 7) is 1.48. The molecule has 1 aromatic rings. The van der Waals surface area contributed by atoms with Crippen LogP contribution >= 0.6 is 0 Å². The summed E-state index contributed by atoms with van der Waals surface area (Å²) in [5.41, 5.74) is -1.84. The molecule has 0 aromatic carbocycles. The monoisotopic (exact) mass is 249 g/mol. The van der Waals surface area contributed by atoms with Crippen molar-refractivity contribution < 1.29 is 27.4 Å². The number of halogens is 3. The Balaban J connectivity index is 3.31. The summed E-state index contributed by atoms with van der Waals surface area (Å²) in [5.74, 6) is -2.85. The molecule has 94 valence electrons. The van der Waals surface area contributed by atoms with E-state index < -0.39 is 35.2 Å². The number of pyridine rings is 1. The van der Waals surface area contributed by atoms with Crippen LogP contribution in [0.25, 0.3) is 0 Å². The number of hydrogen-bond acceptors (Lipinski definition) is 4. The molecule has 0 saturated carbocycles. The molecule has 0 bridgehead atoms. The third kappa shape index (κ3) is 2.66. The van der Waals surface area contributed by atoms with Crippen molar-refractivity contribution in [3.8, 4) is 5.75 Å². The number of carbonyl (C=O) groups is 1. The van der Waals surface area contributed by atoms with Gasteiger partial charge in [0.1, 0.15) is 0 Å². The van der Waals surface area contributed by atoms with Gasteiger partial charge in [0.2, 0.25) is 0 Å². The quantitative estimate of drug-likeness (QED) is 0.768. The highest BCUT2D eigenvalue weighted by molar-refractivity contribution is 5.89. The van der Waals surface area contributed by atoms with Gasteiger partial charge in [-0.25, -0.2) is 22.9 Å². The first-order valence-corrected chi connectivity index (χ1v) is 4.70. The summed E-state index contributed by atoms with van der Waals surface area (Å²) in [7, 11) is 1.11. The summed E-state index contributed by atoms with van der Waals surface area (Å²) in [6, 6.07) is 0. The molecule has 0 unspecified atom stereocenters. The Morgan fingerprint density at radius 1 is 1.53 bits per heavy atom. The van der Waals surface area contributed by atoms with E-state index in [2.05, 4.69) is 14.5 Å². The molecule has 0 aliphatic heterocycles. The fourth-order valence-electron chi connectivity index (χ4n) is 1.19. The van der Waals surface area contributed by atoms with E-state index >= 15 is 0 Å². The Kier molecular flexibility index (Phi) is 4.30. The van der Waals surface area contributed by atoms with Gasteiger partial charge in [0.15, 0.2) is 17.3 Å². The van der Waals surface area contributed by atoms with E-state index in [-0.39, 0.29) is 6.61 Å². The molecule has 0 aliphatic carbocycles. The number of aromatic nitrogens is 1.